The van der Waals surface area contributed by atoms with Crippen LogP contribution >= 0.6 is 27.5 Å². The van der Waals surface area contributed by atoms with Gasteiger partial charge in [-0.15, -0.1) is 0 Å². The number of aryl methyl sites for hydroxylation is 1. The van der Waals surface area contributed by atoms with E-state index in [0.29, 0.717) is 4.47 Å². The molecule has 0 saturated carbocycles. The molecule has 0 fully saturated rings. The van der Waals surface area contributed by atoms with Gasteiger partial charge in [-0.05, 0) is 36.8 Å². The van der Waals surface area contributed by atoms with Crippen molar-refractivity contribution in [2.24, 2.45) is 0 Å². The largest absolute Gasteiger partial charge is 0.276 e. The fourth-order valence-electron chi connectivity index (χ4n) is 1.62. The van der Waals surface area contributed by atoms with Crippen molar-refractivity contribution in [3.63, 3.8) is 0 Å². The predicted octanol–water partition coefficient (Wildman–Crippen LogP) is 4.49. The van der Waals surface area contributed by atoms with Crippen LogP contribution in [0.5, 0.6) is 0 Å². The lowest BCUT2D eigenvalue weighted by molar-refractivity contribution is 0.590. The van der Waals surface area contributed by atoms with Gasteiger partial charge in [-0.3, -0.25) is 4.72 Å². The Kier molecular flexibility index (Phi) is 4.55. The molecule has 0 aliphatic heterocycles. The van der Waals surface area contributed by atoms with Crippen molar-refractivity contribution in [2.45, 2.75) is 11.8 Å². The Morgan fingerprint density at radius 1 is 1.14 bits per heavy atom. The average Bonchev–Trinajstić information content (AvgIpc) is 2.35. The van der Waals surface area contributed by atoms with Crippen molar-refractivity contribution in [3.05, 3.63) is 57.0 Å². The lowest BCUT2D eigenvalue weighted by atomic mass is 10.2. The average molecular weight is 397 g/mol. The minimum Gasteiger partial charge on any atom is -0.276 e. The van der Waals surface area contributed by atoms with Crippen LogP contribution in [-0.2, 0) is 10.0 Å². The molecular formula is C13H9BrClF2NO2S. The van der Waals surface area contributed by atoms with Crippen LogP contribution in [0.25, 0.3) is 0 Å². The molecule has 0 unspecified atom stereocenters. The van der Waals surface area contributed by atoms with E-state index in [1.807, 2.05) is 4.72 Å². The van der Waals surface area contributed by atoms with Gasteiger partial charge in [0.15, 0.2) is 0 Å². The number of nitrogens with one attached hydrogen (secondary N) is 1. The van der Waals surface area contributed by atoms with E-state index in [0.717, 1.165) is 12.1 Å². The van der Waals surface area contributed by atoms with E-state index in [9.17, 15) is 17.2 Å². The molecule has 2 aromatic rings. The molecule has 0 aliphatic rings. The first-order valence-corrected chi connectivity index (χ1v) is 8.29. The molecule has 112 valence electrons. The summed E-state index contributed by atoms with van der Waals surface area (Å²) in [5.74, 6) is -1.58. The highest BCUT2D eigenvalue weighted by Crippen LogP contribution is 2.28. The van der Waals surface area contributed by atoms with E-state index < -0.39 is 27.3 Å². The molecule has 2 aromatic carbocycles. The fourth-order valence-corrected chi connectivity index (χ4v) is 3.71. The minimum absolute atomic E-state index is 0.0372. The molecule has 0 heterocycles. The number of rotatable bonds is 3. The van der Waals surface area contributed by atoms with Gasteiger partial charge in [0.1, 0.15) is 16.5 Å². The van der Waals surface area contributed by atoms with E-state index in [4.69, 9.17) is 11.6 Å². The van der Waals surface area contributed by atoms with Crippen LogP contribution in [0.4, 0.5) is 14.5 Å². The maximum atomic E-state index is 13.7. The molecule has 3 nitrogen and oxygen atoms in total. The Bertz CT molecular complexity index is 812. The van der Waals surface area contributed by atoms with E-state index >= 15 is 0 Å². The molecule has 0 aliphatic carbocycles. The van der Waals surface area contributed by atoms with Crippen LogP contribution < -0.4 is 4.72 Å². The number of halogens is 4. The van der Waals surface area contributed by atoms with Gasteiger partial charge in [0.25, 0.3) is 10.0 Å². The van der Waals surface area contributed by atoms with Gasteiger partial charge in [0.05, 0.1) is 10.7 Å². The Labute approximate surface area is 134 Å². The molecule has 0 saturated heterocycles. The van der Waals surface area contributed by atoms with Crippen LogP contribution in [0, 0.1) is 18.6 Å². The third-order valence-corrected chi connectivity index (χ3v) is 5.02. The quantitative estimate of drug-likeness (QED) is 0.831. The topological polar surface area (TPSA) is 46.2 Å². The summed E-state index contributed by atoms with van der Waals surface area (Å²) >= 11 is 9.01. The summed E-state index contributed by atoms with van der Waals surface area (Å²) < 4.78 is 54.1. The molecule has 8 heteroatoms. The molecular weight excluding hydrogens is 388 g/mol. The molecule has 0 radical (unpaired) electrons. The van der Waals surface area contributed by atoms with Crippen molar-refractivity contribution < 1.29 is 17.2 Å². The summed E-state index contributed by atoms with van der Waals surface area (Å²) in [4.78, 5) is -0.229. The van der Waals surface area contributed by atoms with Gasteiger partial charge >= 0.3 is 0 Å². The van der Waals surface area contributed by atoms with E-state index in [2.05, 4.69) is 15.9 Å². The first-order valence-electron chi connectivity index (χ1n) is 5.64. The number of anilines is 1. The minimum atomic E-state index is -4.12. The van der Waals surface area contributed by atoms with E-state index in [1.54, 1.807) is 0 Å². The van der Waals surface area contributed by atoms with Crippen molar-refractivity contribution in [2.75, 3.05) is 4.72 Å². The second-order valence-corrected chi connectivity index (χ2v) is 7.24. The van der Waals surface area contributed by atoms with Crippen molar-refractivity contribution in [1.82, 2.24) is 0 Å². The van der Waals surface area contributed by atoms with Crippen molar-refractivity contribution in [3.8, 4) is 0 Å². The smallest absolute Gasteiger partial charge is 0.263 e. The van der Waals surface area contributed by atoms with Crippen LogP contribution in [-0.4, -0.2) is 8.42 Å². The van der Waals surface area contributed by atoms with Gasteiger partial charge in [0.2, 0.25) is 0 Å². The first kappa shape index (κ1) is 16.2. The summed E-state index contributed by atoms with van der Waals surface area (Å²) in [6.07, 6.45) is 0. The number of hydrogen-bond donors (Lipinski definition) is 1. The molecule has 21 heavy (non-hydrogen) atoms. The molecule has 2 rings (SSSR count). The highest BCUT2D eigenvalue weighted by molar-refractivity contribution is 9.10. The maximum absolute atomic E-state index is 13.7. The second kappa shape index (κ2) is 5.90. The summed E-state index contributed by atoms with van der Waals surface area (Å²) in [5.41, 5.74) is -0.394. The Morgan fingerprint density at radius 3 is 2.43 bits per heavy atom. The second-order valence-electron chi connectivity index (χ2n) is 4.26. The molecule has 0 aromatic heterocycles. The zero-order valence-corrected chi connectivity index (χ0v) is 13.8. The Morgan fingerprint density at radius 2 is 1.81 bits per heavy atom. The molecule has 1 N–H and O–H groups in total. The van der Waals surface area contributed by atoms with Gasteiger partial charge in [0, 0.05) is 10.5 Å². The Balaban J connectivity index is 2.45. The summed E-state index contributed by atoms with van der Waals surface area (Å²) in [6, 6.07) is 5.83. The first-order chi connectivity index (χ1) is 9.70. The van der Waals surface area contributed by atoms with Crippen LogP contribution in [0.15, 0.2) is 39.7 Å². The predicted molar refractivity (Wildman–Crippen MR) is 81.1 cm³/mol. The Hall–Kier alpha value is -1.18. The maximum Gasteiger partial charge on any atom is 0.263 e. The summed E-state index contributed by atoms with van der Waals surface area (Å²) in [7, 11) is -4.12. The molecule has 0 atom stereocenters. The highest BCUT2D eigenvalue weighted by atomic mass is 79.9. The number of benzene rings is 2. The normalized spacial score (nSPS) is 11.5. The monoisotopic (exact) mass is 395 g/mol. The van der Waals surface area contributed by atoms with Gasteiger partial charge < -0.3 is 0 Å². The zero-order chi connectivity index (χ0) is 15.8. The third kappa shape index (κ3) is 3.53. The van der Waals surface area contributed by atoms with E-state index in [1.165, 1.54) is 25.1 Å². The molecule has 0 amide bonds. The van der Waals surface area contributed by atoms with Crippen LogP contribution in [0.1, 0.15) is 5.56 Å². The van der Waals surface area contributed by atoms with Crippen molar-refractivity contribution in [1.29, 1.82) is 0 Å². The lowest BCUT2D eigenvalue weighted by Crippen LogP contribution is -2.15. The SMILES string of the molecule is Cc1cc(F)c(NS(=O)(=O)c2ccc(Br)cc2Cl)cc1F. The lowest BCUT2D eigenvalue weighted by Gasteiger charge is -2.11. The summed E-state index contributed by atoms with van der Waals surface area (Å²) in [6.45, 7) is 1.38. The molecule has 0 spiro atoms. The third-order valence-electron chi connectivity index (χ3n) is 2.68. The fraction of sp³-hybridized carbons (Fsp3) is 0.0769. The highest BCUT2D eigenvalue weighted by Gasteiger charge is 2.20. The van der Waals surface area contributed by atoms with Gasteiger partial charge in [-0.25, -0.2) is 17.2 Å². The van der Waals surface area contributed by atoms with Gasteiger partial charge in [-0.1, -0.05) is 27.5 Å². The summed E-state index contributed by atoms with van der Waals surface area (Å²) in [5, 5.41) is -0.0372. The molecule has 0 bridgehead atoms. The standard InChI is InChI=1S/C13H9BrClF2NO2S/c1-7-4-11(17)12(6-10(7)16)18-21(19,20)13-3-2-8(14)5-9(13)15/h2-6,18H,1H3. The van der Waals surface area contributed by atoms with E-state index in [-0.39, 0.29) is 15.5 Å². The van der Waals surface area contributed by atoms with Gasteiger partial charge in [-0.2, -0.15) is 0 Å². The van der Waals surface area contributed by atoms with Crippen molar-refractivity contribution >= 4 is 43.2 Å². The van der Waals surface area contributed by atoms with Crippen LogP contribution in [0.2, 0.25) is 5.02 Å². The zero-order valence-electron chi connectivity index (χ0n) is 10.6. The number of sulfonamides is 1. The number of hydrogen-bond acceptors (Lipinski definition) is 2. The van der Waals surface area contributed by atoms with Crippen LogP contribution in [0.3, 0.4) is 0 Å².